The number of rotatable bonds is 4. The Balaban J connectivity index is 3.92. The second kappa shape index (κ2) is 5.56. The number of likely N-dealkylation sites (N-methyl/N-ethyl adjacent to an activating group) is 2. The standard InChI is InChI=1S/C9H18N2O2/c1-5-6-8(12)11(4)7-9(13)10(2)3/h5-7H2,1-4H3. The molecule has 2 amide bonds. The Kier molecular flexibility index (Phi) is 5.11. The molecule has 0 radical (unpaired) electrons. The van der Waals surface area contributed by atoms with Crippen molar-refractivity contribution in [2.45, 2.75) is 19.8 Å². The minimum absolute atomic E-state index is 0.0256. The van der Waals surface area contributed by atoms with E-state index >= 15 is 0 Å². The van der Waals surface area contributed by atoms with Crippen LogP contribution in [0.25, 0.3) is 0 Å². The van der Waals surface area contributed by atoms with Crippen LogP contribution in [-0.2, 0) is 9.59 Å². The van der Waals surface area contributed by atoms with Gasteiger partial charge in [-0.15, -0.1) is 0 Å². The molecule has 0 rings (SSSR count). The average molecular weight is 186 g/mol. The predicted molar refractivity (Wildman–Crippen MR) is 51.2 cm³/mol. The summed E-state index contributed by atoms with van der Waals surface area (Å²) in [4.78, 5) is 25.4. The topological polar surface area (TPSA) is 40.6 Å². The molecular formula is C9H18N2O2. The van der Waals surface area contributed by atoms with Crippen molar-refractivity contribution in [2.24, 2.45) is 0 Å². The zero-order valence-corrected chi connectivity index (χ0v) is 8.83. The molecule has 0 spiro atoms. The van der Waals surface area contributed by atoms with Crippen molar-refractivity contribution >= 4 is 11.8 Å². The second-order valence-corrected chi connectivity index (χ2v) is 3.29. The van der Waals surface area contributed by atoms with Gasteiger partial charge in [0.15, 0.2) is 0 Å². The zero-order valence-electron chi connectivity index (χ0n) is 8.83. The van der Waals surface area contributed by atoms with Crippen molar-refractivity contribution in [3.63, 3.8) is 0 Å². The molecule has 13 heavy (non-hydrogen) atoms. The number of hydrogen-bond acceptors (Lipinski definition) is 2. The summed E-state index contributed by atoms with van der Waals surface area (Å²) in [5, 5.41) is 0. The lowest BCUT2D eigenvalue weighted by molar-refractivity contribution is -0.138. The van der Waals surface area contributed by atoms with E-state index in [0.29, 0.717) is 6.42 Å². The Bertz CT molecular complexity index is 190. The molecule has 0 aliphatic carbocycles. The maximum Gasteiger partial charge on any atom is 0.241 e. The normalized spacial score (nSPS) is 9.54. The Morgan fingerprint density at radius 1 is 1.08 bits per heavy atom. The van der Waals surface area contributed by atoms with Crippen molar-refractivity contribution in [1.82, 2.24) is 9.80 Å². The van der Waals surface area contributed by atoms with Crippen LogP contribution in [0.15, 0.2) is 0 Å². The Hall–Kier alpha value is -1.06. The fourth-order valence-electron chi connectivity index (χ4n) is 0.837. The summed E-state index contributed by atoms with van der Waals surface area (Å²) in [5.41, 5.74) is 0. The molecule has 0 aliphatic rings. The number of amides is 2. The van der Waals surface area contributed by atoms with Gasteiger partial charge in [-0.2, -0.15) is 0 Å². The van der Waals surface area contributed by atoms with Gasteiger partial charge in [0.2, 0.25) is 11.8 Å². The maximum atomic E-state index is 11.3. The summed E-state index contributed by atoms with van der Waals surface area (Å²) >= 11 is 0. The first kappa shape index (κ1) is 11.9. The van der Waals surface area contributed by atoms with E-state index in [9.17, 15) is 9.59 Å². The van der Waals surface area contributed by atoms with Gasteiger partial charge < -0.3 is 9.80 Å². The highest BCUT2D eigenvalue weighted by Crippen LogP contribution is 1.95. The van der Waals surface area contributed by atoms with Crippen LogP contribution in [0.3, 0.4) is 0 Å². The number of carbonyl (C=O) groups excluding carboxylic acids is 2. The Morgan fingerprint density at radius 3 is 2.00 bits per heavy atom. The monoisotopic (exact) mass is 186 g/mol. The SMILES string of the molecule is CCCC(=O)N(C)CC(=O)N(C)C. The van der Waals surface area contributed by atoms with Gasteiger partial charge in [0, 0.05) is 27.6 Å². The van der Waals surface area contributed by atoms with E-state index in [-0.39, 0.29) is 18.4 Å². The van der Waals surface area contributed by atoms with Crippen molar-refractivity contribution < 1.29 is 9.59 Å². The molecular weight excluding hydrogens is 168 g/mol. The molecule has 0 aromatic heterocycles. The van der Waals surface area contributed by atoms with Gasteiger partial charge in [0.05, 0.1) is 6.54 Å². The quantitative estimate of drug-likeness (QED) is 0.635. The predicted octanol–water partition coefficient (Wildman–Crippen LogP) is 0.333. The van der Waals surface area contributed by atoms with Gasteiger partial charge in [-0.3, -0.25) is 9.59 Å². The van der Waals surface area contributed by atoms with Gasteiger partial charge in [-0.25, -0.2) is 0 Å². The van der Waals surface area contributed by atoms with Gasteiger partial charge in [-0.1, -0.05) is 6.92 Å². The summed E-state index contributed by atoms with van der Waals surface area (Å²) in [5.74, 6) is -0.0235. The third-order valence-electron chi connectivity index (χ3n) is 1.76. The summed E-state index contributed by atoms with van der Waals surface area (Å²) in [6.07, 6.45) is 1.33. The molecule has 76 valence electrons. The molecule has 0 unspecified atom stereocenters. The van der Waals surface area contributed by atoms with Gasteiger partial charge in [0.25, 0.3) is 0 Å². The number of hydrogen-bond donors (Lipinski definition) is 0. The van der Waals surface area contributed by atoms with E-state index in [2.05, 4.69) is 0 Å². The highest BCUT2D eigenvalue weighted by molar-refractivity contribution is 5.84. The van der Waals surface area contributed by atoms with E-state index in [0.717, 1.165) is 6.42 Å². The van der Waals surface area contributed by atoms with Crippen LogP contribution in [0.4, 0.5) is 0 Å². The second-order valence-electron chi connectivity index (χ2n) is 3.29. The fourth-order valence-corrected chi connectivity index (χ4v) is 0.837. The third kappa shape index (κ3) is 4.50. The summed E-state index contributed by atoms with van der Waals surface area (Å²) in [6, 6.07) is 0. The third-order valence-corrected chi connectivity index (χ3v) is 1.76. The van der Waals surface area contributed by atoms with Gasteiger partial charge >= 0.3 is 0 Å². The summed E-state index contributed by atoms with van der Waals surface area (Å²) in [6.45, 7) is 2.12. The van der Waals surface area contributed by atoms with E-state index in [1.54, 1.807) is 21.1 Å². The van der Waals surface area contributed by atoms with E-state index in [1.165, 1.54) is 9.80 Å². The van der Waals surface area contributed by atoms with Crippen LogP contribution < -0.4 is 0 Å². The van der Waals surface area contributed by atoms with Gasteiger partial charge in [-0.05, 0) is 6.42 Å². The van der Waals surface area contributed by atoms with Crippen LogP contribution in [0.1, 0.15) is 19.8 Å². The van der Waals surface area contributed by atoms with Crippen molar-refractivity contribution in [3.05, 3.63) is 0 Å². The van der Waals surface area contributed by atoms with Crippen LogP contribution in [0.5, 0.6) is 0 Å². The molecule has 0 N–H and O–H groups in total. The van der Waals surface area contributed by atoms with Crippen molar-refractivity contribution in [3.8, 4) is 0 Å². The number of nitrogens with zero attached hydrogens (tertiary/aromatic N) is 2. The molecule has 0 saturated heterocycles. The molecule has 4 heteroatoms. The van der Waals surface area contributed by atoms with Crippen LogP contribution in [0, 0.1) is 0 Å². The lowest BCUT2D eigenvalue weighted by atomic mass is 10.3. The average Bonchev–Trinajstić information content (AvgIpc) is 2.04. The summed E-state index contributed by atoms with van der Waals surface area (Å²) < 4.78 is 0. The van der Waals surface area contributed by atoms with Crippen LogP contribution >= 0.6 is 0 Å². The summed E-state index contributed by atoms with van der Waals surface area (Å²) in [7, 11) is 5.01. The first-order valence-corrected chi connectivity index (χ1v) is 4.43. The van der Waals surface area contributed by atoms with E-state index < -0.39 is 0 Å². The maximum absolute atomic E-state index is 11.3. The molecule has 0 aliphatic heterocycles. The van der Waals surface area contributed by atoms with Crippen molar-refractivity contribution in [2.75, 3.05) is 27.7 Å². The number of carbonyl (C=O) groups is 2. The Labute approximate surface area is 79.5 Å². The van der Waals surface area contributed by atoms with Crippen LogP contribution in [-0.4, -0.2) is 49.3 Å². The zero-order chi connectivity index (χ0) is 10.4. The highest BCUT2D eigenvalue weighted by Gasteiger charge is 2.12. The molecule has 0 atom stereocenters. The van der Waals surface area contributed by atoms with Crippen LogP contribution in [0.2, 0.25) is 0 Å². The molecule has 0 heterocycles. The molecule has 0 aromatic carbocycles. The lowest BCUT2D eigenvalue weighted by Gasteiger charge is -2.18. The molecule has 0 saturated carbocycles. The van der Waals surface area contributed by atoms with Crippen molar-refractivity contribution in [1.29, 1.82) is 0 Å². The Morgan fingerprint density at radius 2 is 1.62 bits per heavy atom. The molecule has 0 fully saturated rings. The first-order chi connectivity index (χ1) is 5.99. The minimum atomic E-state index is -0.0491. The molecule has 4 nitrogen and oxygen atoms in total. The highest BCUT2D eigenvalue weighted by atomic mass is 16.2. The molecule has 0 bridgehead atoms. The molecule has 0 aromatic rings. The smallest absolute Gasteiger partial charge is 0.241 e. The first-order valence-electron chi connectivity index (χ1n) is 4.43. The minimum Gasteiger partial charge on any atom is -0.347 e. The lowest BCUT2D eigenvalue weighted by Crippen LogP contribution is -2.37. The fraction of sp³-hybridized carbons (Fsp3) is 0.778. The van der Waals surface area contributed by atoms with E-state index in [1.807, 2.05) is 6.92 Å². The largest absolute Gasteiger partial charge is 0.347 e. The van der Waals surface area contributed by atoms with E-state index in [4.69, 9.17) is 0 Å². The van der Waals surface area contributed by atoms with Gasteiger partial charge in [0.1, 0.15) is 0 Å².